The van der Waals surface area contributed by atoms with Gasteiger partial charge in [0.05, 0.1) is 0 Å². The molecule has 0 fully saturated rings. The summed E-state index contributed by atoms with van der Waals surface area (Å²) in [5.74, 6) is 0. The summed E-state index contributed by atoms with van der Waals surface area (Å²) in [6, 6.07) is 0. The number of hydrogen-bond acceptors (Lipinski definition) is 3. The van der Waals surface area contributed by atoms with Gasteiger partial charge in [-0.3, -0.25) is 5.01 Å². The highest BCUT2D eigenvalue weighted by molar-refractivity contribution is 4.66. The molecule has 0 aliphatic carbocycles. The third-order valence-electron chi connectivity index (χ3n) is 1.25. The third-order valence-corrected chi connectivity index (χ3v) is 1.25. The van der Waals surface area contributed by atoms with Crippen LogP contribution in [0.1, 0.15) is 13.8 Å². The Morgan fingerprint density at radius 3 is 2.70 bits per heavy atom. The molecule has 60 valence electrons. The molecule has 0 aliphatic heterocycles. The van der Waals surface area contributed by atoms with Crippen molar-refractivity contribution in [1.29, 1.82) is 0 Å². The van der Waals surface area contributed by atoms with E-state index in [0.717, 1.165) is 0 Å². The highest BCUT2D eigenvalue weighted by atomic mass is 16.5. The molecule has 0 saturated carbocycles. The van der Waals surface area contributed by atoms with E-state index < -0.39 is 0 Å². The molecule has 3 nitrogen and oxygen atoms in total. The van der Waals surface area contributed by atoms with Crippen LogP contribution in [0.25, 0.3) is 0 Å². The van der Waals surface area contributed by atoms with Crippen LogP contribution in [0.3, 0.4) is 0 Å². The van der Waals surface area contributed by atoms with Crippen molar-refractivity contribution in [1.82, 2.24) is 10.4 Å². The first-order valence-electron chi connectivity index (χ1n) is 3.46. The summed E-state index contributed by atoms with van der Waals surface area (Å²) < 4.78 is 5.28. The number of nitrogens with zero attached hydrogens (tertiary/aromatic N) is 1. The molecule has 0 saturated heterocycles. The zero-order chi connectivity index (χ0) is 7.98. The Labute approximate surface area is 62.6 Å². The normalized spacial score (nSPS) is 12.7. The minimum atomic E-state index is 0.0486. The van der Waals surface area contributed by atoms with Gasteiger partial charge < -0.3 is 4.74 Å². The molecule has 0 aromatic heterocycles. The molecule has 0 spiro atoms. The van der Waals surface area contributed by atoms with Crippen LogP contribution in [0.4, 0.5) is 0 Å². The second kappa shape index (κ2) is 5.26. The molecule has 0 amide bonds. The minimum Gasteiger partial charge on any atom is -0.358 e. The van der Waals surface area contributed by atoms with Gasteiger partial charge in [0, 0.05) is 19.9 Å². The lowest BCUT2D eigenvalue weighted by Crippen LogP contribution is -2.39. The molecule has 0 heterocycles. The molecule has 0 bridgehead atoms. The van der Waals surface area contributed by atoms with Crippen LogP contribution in [-0.4, -0.2) is 24.9 Å². The van der Waals surface area contributed by atoms with Crippen LogP contribution in [0.2, 0.25) is 0 Å². The number of ether oxygens (including phenoxy) is 1. The molecular weight excluding hydrogens is 128 g/mol. The van der Waals surface area contributed by atoms with Crippen molar-refractivity contribution in [3.63, 3.8) is 0 Å². The average molecular weight is 144 g/mol. The second-order valence-corrected chi connectivity index (χ2v) is 1.87. The van der Waals surface area contributed by atoms with E-state index in [1.54, 1.807) is 11.2 Å². The van der Waals surface area contributed by atoms with E-state index in [1.807, 2.05) is 20.9 Å². The van der Waals surface area contributed by atoms with Crippen LogP contribution < -0.4 is 5.43 Å². The van der Waals surface area contributed by atoms with Crippen LogP contribution in [0, 0.1) is 0 Å². The average Bonchev–Trinajstić information content (AvgIpc) is 1.91. The van der Waals surface area contributed by atoms with Crippen molar-refractivity contribution in [2.75, 3.05) is 13.7 Å². The maximum absolute atomic E-state index is 5.28. The molecule has 1 atom stereocenters. The standard InChI is InChI=1S/C7H16N2O/c1-5-9(8-4)7(3)10-6-2/h5,7-8H,1,6H2,2-4H3. The Kier molecular flexibility index (Phi) is 4.98. The van der Waals surface area contributed by atoms with Gasteiger partial charge in [-0.1, -0.05) is 6.58 Å². The topological polar surface area (TPSA) is 24.5 Å². The van der Waals surface area contributed by atoms with Gasteiger partial charge in [-0.15, -0.1) is 0 Å². The predicted octanol–water partition coefficient (Wildman–Crippen LogP) is 0.949. The fraction of sp³-hybridized carbons (Fsp3) is 0.714. The molecule has 1 unspecified atom stereocenters. The van der Waals surface area contributed by atoms with E-state index in [9.17, 15) is 0 Å². The third kappa shape index (κ3) is 2.85. The lowest BCUT2D eigenvalue weighted by atomic mass is 10.6. The molecule has 0 radical (unpaired) electrons. The van der Waals surface area contributed by atoms with Crippen LogP contribution in [-0.2, 0) is 4.74 Å². The Hall–Kier alpha value is -0.540. The molecular formula is C7H16N2O. The number of hydrogen-bond donors (Lipinski definition) is 1. The maximum atomic E-state index is 5.28. The predicted molar refractivity (Wildman–Crippen MR) is 42.2 cm³/mol. The lowest BCUT2D eigenvalue weighted by molar-refractivity contribution is -0.0368. The molecule has 0 aromatic carbocycles. The van der Waals surface area contributed by atoms with Crippen molar-refractivity contribution in [2.24, 2.45) is 0 Å². The summed E-state index contributed by atoms with van der Waals surface area (Å²) in [5.41, 5.74) is 2.93. The van der Waals surface area contributed by atoms with Gasteiger partial charge in [0.25, 0.3) is 0 Å². The summed E-state index contributed by atoms with van der Waals surface area (Å²) in [6.45, 7) is 8.26. The summed E-state index contributed by atoms with van der Waals surface area (Å²) in [7, 11) is 1.83. The van der Waals surface area contributed by atoms with Crippen molar-refractivity contribution in [3.8, 4) is 0 Å². The first-order chi connectivity index (χ1) is 4.76. The smallest absolute Gasteiger partial charge is 0.140 e. The van der Waals surface area contributed by atoms with Crippen molar-refractivity contribution in [2.45, 2.75) is 20.1 Å². The van der Waals surface area contributed by atoms with Gasteiger partial charge in [0.1, 0.15) is 6.23 Å². The maximum Gasteiger partial charge on any atom is 0.140 e. The monoisotopic (exact) mass is 144 g/mol. The summed E-state index contributed by atoms with van der Waals surface area (Å²) >= 11 is 0. The first-order valence-corrected chi connectivity index (χ1v) is 3.46. The number of hydrazine groups is 1. The highest BCUT2D eigenvalue weighted by Crippen LogP contribution is 1.95. The van der Waals surface area contributed by atoms with E-state index in [2.05, 4.69) is 12.0 Å². The van der Waals surface area contributed by atoms with E-state index in [0.29, 0.717) is 6.61 Å². The molecule has 10 heavy (non-hydrogen) atoms. The minimum absolute atomic E-state index is 0.0486. The second-order valence-electron chi connectivity index (χ2n) is 1.87. The SMILES string of the molecule is C=CN(NC)C(C)OCC. The van der Waals surface area contributed by atoms with Crippen LogP contribution in [0.5, 0.6) is 0 Å². The Morgan fingerprint density at radius 1 is 1.80 bits per heavy atom. The van der Waals surface area contributed by atoms with Gasteiger partial charge in [-0.2, -0.15) is 0 Å². The van der Waals surface area contributed by atoms with Crippen LogP contribution >= 0.6 is 0 Å². The van der Waals surface area contributed by atoms with Crippen molar-refractivity contribution >= 4 is 0 Å². The van der Waals surface area contributed by atoms with E-state index >= 15 is 0 Å². The van der Waals surface area contributed by atoms with Crippen molar-refractivity contribution in [3.05, 3.63) is 12.8 Å². The lowest BCUT2D eigenvalue weighted by Gasteiger charge is -2.25. The van der Waals surface area contributed by atoms with Gasteiger partial charge in [0.2, 0.25) is 0 Å². The number of nitrogens with one attached hydrogen (secondary N) is 1. The van der Waals surface area contributed by atoms with Gasteiger partial charge >= 0.3 is 0 Å². The quantitative estimate of drug-likeness (QED) is 0.459. The van der Waals surface area contributed by atoms with Gasteiger partial charge in [-0.05, 0) is 13.8 Å². The van der Waals surface area contributed by atoms with Gasteiger partial charge in [0.15, 0.2) is 0 Å². The Morgan fingerprint density at radius 2 is 2.40 bits per heavy atom. The van der Waals surface area contributed by atoms with Gasteiger partial charge in [-0.25, -0.2) is 5.43 Å². The highest BCUT2D eigenvalue weighted by Gasteiger charge is 2.04. The molecule has 1 N–H and O–H groups in total. The van der Waals surface area contributed by atoms with Crippen molar-refractivity contribution < 1.29 is 4.74 Å². The molecule has 3 heteroatoms. The first kappa shape index (κ1) is 9.46. The molecule has 0 aliphatic rings. The van der Waals surface area contributed by atoms with E-state index in [-0.39, 0.29) is 6.23 Å². The summed E-state index contributed by atoms with van der Waals surface area (Å²) in [5, 5.41) is 1.80. The van der Waals surface area contributed by atoms with E-state index in [4.69, 9.17) is 4.74 Å². The van der Waals surface area contributed by atoms with E-state index in [1.165, 1.54) is 0 Å². The zero-order valence-corrected chi connectivity index (χ0v) is 6.92. The summed E-state index contributed by atoms with van der Waals surface area (Å²) in [6.07, 6.45) is 1.74. The largest absolute Gasteiger partial charge is 0.358 e. The Bertz CT molecular complexity index is 95.6. The zero-order valence-electron chi connectivity index (χ0n) is 6.92. The summed E-state index contributed by atoms with van der Waals surface area (Å²) in [4.78, 5) is 0. The van der Waals surface area contributed by atoms with Crippen LogP contribution in [0.15, 0.2) is 12.8 Å². The molecule has 0 aromatic rings. The molecule has 0 rings (SSSR count). The fourth-order valence-corrected chi connectivity index (χ4v) is 0.743. The number of rotatable bonds is 5. The fourth-order valence-electron chi connectivity index (χ4n) is 0.743. The Balaban J connectivity index is 3.63.